The molecule has 0 aromatic heterocycles. The molecule has 3 atom stereocenters. The number of benzene rings is 2. The highest BCUT2D eigenvalue weighted by molar-refractivity contribution is 5.86. The lowest BCUT2D eigenvalue weighted by Crippen LogP contribution is -2.42. The summed E-state index contributed by atoms with van der Waals surface area (Å²) in [7, 11) is 1.44. The average molecular weight is 465 g/mol. The summed E-state index contributed by atoms with van der Waals surface area (Å²) >= 11 is 0. The van der Waals surface area contributed by atoms with E-state index in [0.29, 0.717) is 13.0 Å². The summed E-state index contributed by atoms with van der Waals surface area (Å²) < 4.78 is 10.9. The van der Waals surface area contributed by atoms with E-state index < -0.39 is 23.6 Å². The first kappa shape index (κ1) is 22.4. The second kappa shape index (κ2) is 8.76. The molecular weight excluding hydrogens is 436 g/mol. The van der Waals surface area contributed by atoms with Crippen molar-refractivity contribution in [3.8, 4) is 11.1 Å². The molecule has 34 heavy (non-hydrogen) atoms. The van der Waals surface area contributed by atoms with Gasteiger partial charge in [0.1, 0.15) is 12.7 Å². The van der Waals surface area contributed by atoms with Gasteiger partial charge in [-0.3, -0.25) is 9.59 Å². The molecule has 0 spiro atoms. The number of nitrogens with zero attached hydrogens (tertiary/aromatic N) is 1. The Balaban J connectivity index is 1.11. The number of carbonyl (C=O) groups excluding carboxylic acids is 2. The molecule has 2 amide bonds. The smallest absolute Gasteiger partial charge is 0.407 e. The maximum atomic E-state index is 12.8. The van der Waals surface area contributed by atoms with Crippen LogP contribution in [0.25, 0.3) is 11.1 Å². The Labute approximate surface area is 197 Å². The van der Waals surface area contributed by atoms with Crippen LogP contribution in [0.4, 0.5) is 4.79 Å². The van der Waals surface area contributed by atoms with Crippen LogP contribution < -0.4 is 5.32 Å². The molecule has 5 rings (SSSR count). The number of fused-ring (bicyclic) bond motifs is 4. The predicted molar refractivity (Wildman–Crippen MR) is 123 cm³/mol. The van der Waals surface area contributed by atoms with Crippen LogP contribution in [0, 0.1) is 11.3 Å². The van der Waals surface area contributed by atoms with Crippen LogP contribution in [0.15, 0.2) is 48.5 Å². The fraction of sp³-hybridized carbons (Fsp3) is 0.423. The number of carboxylic acid groups (broad SMARTS) is 1. The zero-order chi connectivity index (χ0) is 23.9. The van der Waals surface area contributed by atoms with Crippen molar-refractivity contribution in [1.82, 2.24) is 10.2 Å². The largest absolute Gasteiger partial charge is 0.481 e. The van der Waals surface area contributed by atoms with E-state index in [-0.39, 0.29) is 43.9 Å². The first-order valence-electron chi connectivity index (χ1n) is 11.6. The number of piperidine rings is 1. The highest BCUT2D eigenvalue weighted by Crippen LogP contribution is 2.58. The number of hydrogen-bond acceptors (Lipinski definition) is 5. The van der Waals surface area contributed by atoms with E-state index in [0.717, 1.165) is 22.3 Å². The molecule has 2 aliphatic carbocycles. The van der Waals surface area contributed by atoms with Gasteiger partial charge in [-0.2, -0.15) is 0 Å². The maximum Gasteiger partial charge on any atom is 0.407 e. The summed E-state index contributed by atoms with van der Waals surface area (Å²) in [6.45, 7) is 1.11. The van der Waals surface area contributed by atoms with Crippen LogP contribution in [-0.2, 0) is 19.1 Å². The van der Waals surface area contributed by atoms with Gasteiger partial charge in [-0.05, 0) is 34.6 Å². The van der Waals surface area contributed by atoms with Crippen molar-refractivity contribution in [3.05, 3.63) is 59.7 Å². The standard InChI is InChI=1S/C26H28N2O6/c1-33-22(23(29)28-13-16-12-26(16,15-28)24(30)31)10-11-27-25(32)34-14-21-19-8-4-2-6-17(19)18-7-3-5-9-20(18)21/h2-9,16,21-22H,10-15H2,1H3,(H,27,32)(H,30,31). The number of aliphatic carboxylic acids is 1. The molecular formula is C26H28N2O6. The van der Waals surface area contributed by atoms with Crippen molar-refractivity contribution in [2.24, 2.45) is 11.3 Å². The van der Waals surface area contributed by atoms with E-state index in [9.17, 15) is 19.5 Å². The van der Waals surface area contributed by atoms with E-state index in [2.05, 4.69) is 29.6 Å². The normalized spacial score (nSPS) is 23.0. The molecule has 1 aliphatic heterocycles. The number of likely N-dealkylation sites (tertiary alicyclic amines) is 1. The van der Waals surface area contributed by atoms with Gasteiger partial charge in [0.25, 0.3) is 5.91 Å². The average Bonchev–Trinajstić information content (AvgIpc) is 3.27. The van der Waals surface area contributed by atoms with Crippen molar-refractivity contribution in [3.63, 3.8) is 0 Å². The summed E-state index contributed by atoms with van der Waals surface area (Å²) in [6, 6.07) is 16.3. The van der Waals surface area contributed by atoms with E-state index in [1.165, 1.54) is 7.11 Å². The van der Waals surface area contributed by atoms with Gasteiger partial charge in [-0.1, -0.05) is 48.5 Å². The zero-order valence-electron chi connectivity index (χ0n) is 19.0. The molecule has 3 unspecified atom stereocenters. The Morgan fingerprint density at radius 1 is 1.12 bits per heavy atom. The number of amides is 2. The highest BCUT2D eigenvalue weighted by atomic mass is 16.5. The fourth-order valence-corrected chi connectivity index (χ4v) is 5.48. The summed E-state index contributed by atoms with van der Waals surface area (Å²) in [6.07, 6.45) is -0.373. The molecule has 0 radical (unpaired) electrons. The lowest BCUT2D eigenvalue weighted by Gasteiger charge is -2.24. The number of rotatable bonds is 8. The highest BCUT2D eigenvalue weighted by Gasteiger charge is 2.66. The molecule has 2 aromatic rings. The van der Waals surface area contributed by atoms with Gasteiger partial charge in [0.2, 0.25) is 0 Å². The molecule has 0 bridgehead atoms. The van der Waals surface area contributed by atoms with Gasteiger partial charge in [-0.15, -0.1) is 0 Å². The van der Waals surface area contributed by atoms with Crippen LogP contribution in [0.1, 0.15) is 29.9 Å². The molecule has 2 aromatic carbocycles. The summed E-state index contributed by atoms with van der Waals surface area (Å²) in [5.41, 5.74) is 3.84. The van der Waals surface area contributed by atoms with Crippen molar-refractivity contribution >= 4 is 18.0 Å². The van der Waals surface area contributed by atoms with Gasteiger partial charge in [0.05, 0.1) is 5.41 Å². The zero-order valence-corrected chi connectivity index (χ0v) is 19.0. The Morgan fingerprint density at radius 2 is 1.76 bits per heavy atom. The molecule has 8 heteroatoms. The van der Waals surface area contributed by atoms with Crippen LogP contribution in [0.2, 0.25) is 0 Å². The number of carbonyl (C=O) groups is 3. The maximum absolute atomic E-state index is 12.8. The predicted octanol–water partition coefficient (Wildman–Crippen LogP) is 2.86. The minimum Gasteiger partial charge on any atom is -0.481 e. The molecule has 1 heterocycles. The summed E-state index contributed by atoms with van der Waals surface area (Å²) in [4.78, 5) is 38.2. The summed E-state index contributed by atoms with van der Waals surface area (Å²) in [5, 5.41) is 12.1. The van der Waals surface area contributed by atoms with Gasteiger partial charge in [-0.25, -0.2) is 4.79 Å². The fourth-order valence-electron chi connectivity index (χ4n) is 5.48. The molecule has 8 nitrogen and oxygen atoms in total. The molecule has 2 N–H and O–H groups in total. The lowest BCUT2D eigenvalue weighted by molar-refractivity contribution is -0.146. The number of hydrogen-bond donors (Lipinski definition) is 2. The topological polar surface area (TPSA) is 105 Å². The first-order chi connectivity index (χ1) is 16.4. The third-order valence-corrected chi connectivity index (χ3v) is 7.46. The second-order valence-electron chi connectivity index (χ2n) is 9.35. The summed E-state index contributed by atoms with van der Waals surface area (Å²) in [5.74, 6) is -1.05. The number of ether oxygens (including phenoxy) is 2. The van der Waals surface area contributed by atoms with Crippen LogP contribution in [0.5, 0.6) is 0 Å². The quantitative estimate of drug-likeness (QED) is 0.623. The third kappa shape index (κ3) is 3.81. The Morgan fingerprint density at radius 3 is 2.35 bits per heavy atom. The molecule has 3 aliphatic rings. The van der Waals surface area contributed by atoms with Crippen LogP contribution >= 0.6 is 0 Å². The first-order valence-corrected chi connectivity index (χ1v) is 11.6. The number of methoxy groups -OCH3 is 1. The Bertz CT molecular complexity index is 1090. The Kier molecular flexibility index (Phi) is 5.77. The van der Waals surface area contributed by atoms with E-state index >= 15 is 0 Å². The van der Waals surface area contributed by atoms with Gasteiger partial charge >= 0.3 is 12.1 Å². The molecule has 2 fully saturated rings. The van der Waals surface area contributed by atoms with E-state index in [1.807, 2.05) is 24.3 Å². The van der Waals surface area contributed by atoms with E-state index in [4.69, 9.17) is 9.47 Å². The molecule has 1 saturated heterocycles. The lowest BCUT2D eigenvalue weighted by atomic mass is 9.98. The van der Waals surface area contributed by atoms with Gasteiger partial charge < -0.3 is 24.8 Å². The minimum absolute atomic E-state index is 0.0189. The third-order valence-electron chi connectivity index (χ3n) is 7.46. The number of nitrogens with one attached hydrogen (secondary N) is 1. The van der Waals surface area contributed by atoms with Crippen molar-refractivity contribution in [2.75, 3.05) is 33.4 Å². The Hall–Kier alpha value is -3.39. The van der Waals surface area contributed by atoms with Gasteiger partial charge in [0, 0.05) is 39.1 Å². The van der Waals surface area contributed by atoms with Gasteiger partial charge in [0.15, 0.2) is 0 Å². The SMILES string of the molecule is COC(CCNC(=O)OCC1c2ccccc2-c2ccccc21)C(=O)N1CC2CC2(C(=O)O)C1. The van der Waals surface area contributed by atoms with E-state index in [1.54, 1.807) is 4.90 Å². The van der Waals surface area contributed by atoms with Crippen LogP contribution in [0.3, 0.4) is 0 Å². The van der Waals surface area contributed by atoms with Crippen molar-refractivity contribution in [2.45, 2.75) is 24.9 Å². The monoisotopic (exact) mass is 464 g/mol. The minimum atomic E-state index is -0.835. The second-order valence-corrected chi connectivity index (χ2v) is 9.35. The molecule has 178 valence electrons. The number of alkyl carbamates (subject to hydrolysis) is 1. The van der Waals surface area contributed by atoms with Crippen LogP contribution in [-0.4, -0.2) is 67.4 Å². The van der Waals surface area contributed by atoms with Crippen molar-refractivity contribution in [1.29, 1.82) is 0 Å². The van der Waals surface area contributed by atoms with Crippen molar-refractivity contribution < 1.29 is 29.0 Å². The molecule has 1 saturated carbocycles. The number of carboxylic acids is 1.